The second-order valence-electron chi connectivity index (χ2n) is 3.94. The van der Waals surface area contributed by atoms with Gasteiger partial charge in [0.2, 0.25) is 6.23 Å². The van der Waals surface area contributed by atoms with E-state index in [4.69, 9.17) is 27.9 Å². The molecule has 1 aliphatic rings. The lowest BCUT2D eigenvalue weighted by Gasteiger charge is -2.21. The van der Waals surface area contributed by atoms with E-state index >= 15 is 0 Å². The molecule has 1 aromatic heterocycles. The quantitative estimate of drug-likeness (QED) is 0.770. The number of nitrogens with one attached hydrogen (secondary N) is 1. The first kappa shape index (κ1) is 14.4. The van der Waals surface area contributed by atoms with Gasteiger partial charge in [-0.1, -0.05) is 11.6 Å². The molecule has 106 valence electrons. The largest absolute Gasteiger partial charge is 0.384 e. The van der Waals surface area contributed by atoms with Crippen LogP contribution in [0.2, 0.25) is 5.02 Å². The van der Waals surface area contributed by atoms with Crippen LogP contribution in [0.25, 0.3) is 0 Å². The van der Waals surface area contributed by atoms with Gasteiger partial charge in [0.25, 0.3) is 5.56 Å². The average Bonchev–Trinajstić information content (AvgIpc) is 2.56. The molecule has 0 saturated carbocycles. The highest BCUT2D eigenvalue weighted by molar-refractivity contribution is 6.30. The number of aromatic nitrogens is 2. The Morgan fingerprint density at radius 2 is 2.16 bits per heavy atom. The van der Waals surface area contributed by atoms with Crippen LogP contribution >= 0.6 is 23.2 Å². The minimum absolute atomic E-state index is 0.376. The minimum atomic E-state index is -3.75. The molecule has 0 bridgehead atoms. The fourth-order valence-electron chi connectivity index (χ4n) is 1.73. The Morgan fingerprint density at radius 3 is 2.68 bits per heavy atom. The van der Waals surface area contributed by atoms with E-state index in [2.05, 4.69) is 0 Å². The number of H-pyrrole nitrogens is 1. The van der Waals surface area contributed by atoms with Crippen molar-refractivity contribution >= 4 is 23.2 Å². The maximum Gasteiger partial charge on any atom is 0.330 e. The van der Waals surface area contributed by atoms with Gasteiger partial charge in [-0.15, -0.1) is 11.6 Å². The van der Waals surface area contributed by atoms with E-state index in [0.717, 1.165) is 6.20 Å². The summed E-state index contributed by atoms with van der Waals surface area (Å²) in [6.45, 7) is 0. The highest BCUT2D eigenvalue weighted by Crippen LogP contribution is 2.42. The lowest BCUT2D eigenvalue weighted by Crippen LogP contribution is -2.42. The molecule has 2 N–H and O–H groups in total. The smallest absolute Gasteiger partial charge is 0.330 e. The first-order chi connectivity index (χ1) is 8.78. The van der Waals surface area contributed by atoms with E-state index < -0.39 is 40.6 Å². The Morgan fingerprint density at radius 1 is 1.53 bits per heavy atom. The molecule has 2 rings (SSSR count). The monoisotopic (exact) mass is 316 g/mol. The van der Waals surface area contributed by atoms with E-state index in [-0.39, 0.29) is 5.88 Å². The van der Waals surface area contributed by atoms with Crippen LogP contribution in [0.3, 0.4) is 0 Å². The predicted octanol–water partition coefficient (Wildman–Crippen LogP) is 0.322. The molecule has 0 unspecified atom stereocenters. The van der Waals surface area contributed by atoms with Gasteiger partial charge in [0.1, 0.15) is 17.2 Å². The van der Waals surface area contributed by atoms with E-state index in [1.807, 2.05) is 0 Å². The van der Waals surface area contributed by atoms with Gasteiger partial charge in [-0.25, -0.2) is 4.79 Å². The van der Waals surface area contributed by atoms with Crippen LogP contribution in [0.5, 0.6) is 0 Å². The number of nitrogens with zero attached hydrogens (tertiary/aromatic N) is 1. The van der Waals surface area contributed by atoms with Crippen LogP contribution in [-0.2, 0) is 4.74 Å². The third-order valence-electron chi connectivity index (χ3n) is 2.71. The molecule has 0 aliphatic carbocycles. The molecular weight excluding hydrogens is 309 g/mol. The zero-order chi connectivity index (χ0) is 14.4. The van der Waals surface area contributed by atoms with Gasteiger partial charge in [-0.05, 0) is 0 Å². The van der Waals surface area contributed by atoms with Gasteiger partial charge in [0.05, 0.1) is 5.88 Å². The molecule has 1 fully saturated rings. The second-order valence-corrected chi connectivity index (χ2v) is 4.66. The van der Waals surface area contributed by atoms with Crippen LogP contribution in [0.4, 0.5) is 8.78 Å². The Hall–Kier alpha value is -0.960. The average molecular weight is 317 g/mol. The molecule has 6 nitrogen and oxygen atoms in total. The van der Waals surface area contributed by atoms with Crippen molar-refractivity contribution in [3.8, 4) is 0 Å². The molecule has 3 atom stereocenters. The van der Waals surface area contributed by atoms with Crippen LogP contribution in [0.1, 0.15) is 6.23 Å². The normalized spacial score (nSPS) is 29.6. The summed E-state index contributed by atoms with van der Waals surface area (Å²) in [6, 6.07) is 0. The van der Waals surface area contributed by atoms with Gasteiger partial charge in [-0.2, -0.15) is 8.78 Å². The molecule has 19 heavy (non-hydrogen) atoms. The molecule has 1 aromatic rings. The van der Waals surface area contributed by atoms with E-state index in [1.54, 1.807) is 4.98 Å². The molecule has 0 radical (unpaired) electrons. The van der Waals surface area contributed by atoms with Gasteiger partial charge in [0, 0.05) is 6.20 Å². The Kier molecular flexibility index (Phi) is 3.69. The summed E-state index contributed by atoms with van der Waals surface area (Å²) < 4.78 is 32.9. The van der Waals surface area contributed by atoms with Crippen LogP contribution in [0.15, 0.2) is 15.8 Å². The third kappa shape index (κ3) is 2.29. The zero-order valence-corrected chi connectivity index (χ0v) is 10.7. The molecule has 0 amide bonds. The van der Waals surface area contributed by atoms with Gasteiger partial charge < -0.3 is 9.84 Å². The number of aliphatic hydroxyl groups excluding tert-OH is 1. The predicted molar refractivity (Wildman–Crippen MR) is 61.9 cm³/mol. The fraction of sp³-hybridized carbons (Fsp3) is 0.556. The van der Waals surface area contributed by atoms with E-state index in [1.165, 1.54) is 0 Å². The molecule has 0 aromatic carbocycles. The van der Waals surface area contributed by atoms with Gasteiger partial charge >= 0.3 is 11.6 Å². The van der Waals surface area contributed by atoms with E-state index in [0.29, 0.717) is 4.57 Å². The highest BCUT2D eigenvalue weighted by Gasteiger charge is 2.59. The summed E-state index contributed by atoms with van der Waals surface area (Å²) in [6.07, 6.45) is -4.86. The molecule has 1 saturated heterocycles. The summed E-state index contributed by atoms with van der Waals surface area (Å²) in [7, 11) is 0. The van der Waals surface area contributed by atoms with Gasteiger partial charge in [0.15, 0.2) is 0 Å². The second kappa shape index (κ2) is 4.86. The summed E-state index contributed by atoms with van der Waals surface area (Å²) in [5, 5.41) is 8.93. The van der Waals surface area contributed by atoms with E-state index in [9.17, 15) is 23.5 Å². The van der Waals surface area contributed by atoms with Crippen LogP contribution < -0.4 is 11.2 Å². The SMILES string of the molecule is O=c1[nH]c(=O)n([C@@H]2O[C@H](CCl)[C@@H](O)C2(F)F)cc1Cl. The Balaban J connectivity index is 2.51. The zero-order valence-electron chi connectivity index (χ0n) is 9.15. The number of halogens is 4. The molecular formula is C9H8Cl2F2N2O4. The Bertz CT molecular complexity index is 603. The minimum Gasteiger partial charge on any atom is -0.384 e. The van der Waals surface area contributed by atoms with Crippen molar-refractivity contribution < 1.29 is 18.6 Å². The topological polar surface area (TPSA) is 84.3 Å². The number of aliphatic hydroxyl groups is 1. The summed E-state index contributed by atoms with van der Waals surface area (Å²) in [5.74, 6) is -4.12. The fourth-order valence-corrected chi connectivity index (χ4v) is 2.13. The lowest BCUT2D eigenvalue weighted by molar-refractivity contribution is -0.140. The highest BCUT2D eigenvalue weighted by atomic mass is 35.5. The number of aromatic amines is 1. The summed E-state index contributed by atoms with van der Waals surface area (Å²) in [4.78, 5) is 24.3. The molecule has 10 heteroatoms. The van der Waals surface area contributed by atoms with Crippen molar-refractivity contribution in [2.75, 3.05) is 5.88 Å². The number of ether oxygens (including phenoxy) is 1. The Labute approximate surface area is 114 Å². The maximum absolute atomic E-state index is 13.8. The number of alkyl halides is 3. The van der Waals surface area contributed by atoms with Crippen LogP contribution in [-0.4, -0.2) is 38.7 Å². The number of hydrogen-bond acceptors (Lipinski definition) is 4. The van der Waals surface area contributed by atoms with Crippen molar-refractivity contribution in [2.24, 2.45) is 0 Å². The lowest BCUT2D eigenvalue weighted by atomic mass is 10.1. The molecule has 2 heterocycles. The van der Waals surface area contributed by atoms with Gasteiger partial charge in [-0.3, -0.25) is 14.3 Å². The maximum atomic E-state index is 13.8. The van der Waals surface area contributed by atoms with Crippen molar-refractivity contribution in [3.63, 3.8) is 0 Å². The first-order valence-corrected chi connectivity index (χ1v) is 5.98. The third-order valence-corrected chi connectivity index (χ3v) is 3.28. The first-order valence-electron chi connectivity index (χ1n) is 5.07. The number of rotatable bonds is 2. The van der Waals surface area contributed by atoms with Crippen molar-refractivity contribution in [2.45, 2.75) is 24.4 Å². The standard InChI is InChI=1S/C9H8Cl2F2N2O4/c10-1-4-5(16)9(12,13)7(19-4)15-2-3(11)6(17)14-8(15)18/h2,4-5,7,16H,1H2,(H,14,17,18)/t4-,5-,7-/m1/s1. The van der Waals surface area contributed by atoms with Crippen molar-refractivity contribution in [1.29, 1.82) is 0 Å². The van der Waals surface area contributed by atoms with Crippen molar-refractivity contribution in [3.05, 3.63) is 32.1 Å². The summed E-state index contributed by atoms with van der Waals surface area (Å²) >= 11 is 10.9. The molecule has 0 spiro atoms. The number of hydrogen-bond donors (Lipinski definition) is 2. The van der Waals surface area contributed by atoms with Crippen molar-refractivity contribution in [1.82, 2.24) is 9.55 Å². The molecule has 1 aliphatic heterocycles. The summed E-state index contributed by atoms with van der Waals surface area (Å²) in [5.41, 5.74) is -2.03. The van der Waals surface area contributed by atoms with Crippen LogP contribution in [0, 0.1) is 0 Å².